The van der Waals surface area contributed by atoms with Crippen molar-refractivity contribution in [2.45, 2.75) is 25.0 Å². The average Bonchev–Trinajstić information content (AvgIpc) is 3.34. The summed E-state index contributed by atoms with van der Waals surface area (Å²) in [4.78, 5) is 20.2. The molecule has 7 heteroatoms. The number of amides is 1. The molecule has 0 fully saturated rings. The summed E-state index contributed by atoms with van der Waals surface area (Å²) in [7, 11) is 4.07. The van der Waals surface area contributed by atoms with Gasteiger partial charge in [-0.1, -0.05) is 30.0 Å². The Morgan fingerprint density at radius 1 is 1.29 bits per heavy atom. The van der Waals surface area contributed by atoms with E-state index in [-0.39, 0.29) is 11.9 Å². The van der Waals surface area contributed by atoms with Crippen molar-refractivity contribution in [2.24, 2.45) is 0 Å². The molecule has 0 saturated heterocycles. The summed E-state index contributed by atoms with van der Waals surface area (Å²) in [5, 5.41) is 5.95. The third-order valence-corrected chi connectivity index (χ3v) is 6.70. The molecule has 0 aliphatic carbocycles. The summed E-state index contributed by atoms with van der Waals surface area (Å²) in [6, 6.07) is 10.6. The molecule has 3 rings (SSSR count). The molecule has 3 aromatic rings. The lowest BCUT2D eigenvalue weighted by molar-refractivity contribution is -0.118. The summed E-state index contributed by atoms with van der Waals surface area (Å²) >= 11 is 3.17. The van der Waals surface area contributed by atoms with Crippen LogP contribution in [0.1, 0.15) is 22.0 Å². The maximum absolute atomic E-state index is 12.4. The van der Waals surface area contributed by atoms with E-state index in [4.69, 9.17) is 0 Å². The van der Waals surface area contributed by atoms with Crippen LogP contribution in [0.5, 0.6) is 0 Å². The largest absolute Gasteiger partial charge is 0.353 e. The van der Waals surface area contributed by atoms with Gasteiger partial charge >= 0.3 is 0 Å². The first kappa shape index (κ1) is 20.6. The monoisotopic (exact) mass is 414 g/mol. The number of benzene rings is 1. The Bertz CT molecular complexity index is 918. The third-order valence-electron chi connectivity index (χ3n) is 4.76. The number of carbonyl (C=O) groups excluding carboxylic acids is 1. The van der Waals surface area contributed by atoms with Crippen LogP contribution in [0.2, 0.25) is 0 Å². The van der Waals surface area contributed by atoms with Gasteiger partial charge in [-0.25, -0.2) is 4.98 Å². The average molecular weight is 415 g/mol. The van der Waals surface area contributed by atoms with Gasteiger partial charge in [-0.3, -0.25) is 9.36 Å². The van der Waals surface area contributed by atoms with Gasteiger partial charge in [0.1, 0.15) is 0 Å². The highest BCUT2D eigenvalue weighted by Gasteiger charge is 2.17. The number of rotatable bonds is 8. The first-order valence-electron chi connectivity index (χ1n) is 9.16. The van der Waals surface area contributed by atoms with E-state index in [9.17, 15) is 4.79 Å². The minimum atomic E-state index is 0.0175. The third kappa shape index (κ3) is 4.84. The topological polar surface area (TPSA) is 50.2 Å². The van der Waals surface area contributed by atoms with Gasteiger partial charge in [0.05, 0.1) is 17.5 Å². The second-order valence-electron chi connectivity index (χ2n) is 6.89. The Balaban J connectivity index is 1.60. The number of likely N-dealkylation sites (N-methyl/N-ethyl adjacent to an activating group) is 1. The van der Waals surface area contributed by atoms with Crippen LogP contribution in [0.15, 0.2) is 53.3 Å². The summed E-state index contributed by atoms with van der Waals surface area (Å²) in [5.74, 6) is 0.357. The number of nitrogens with zero attached hydrogens (tertiary/aromatic N) is 3. The van der Waals surface area contributed by atoms with E-state index in [1.165, 1.54) is 27.8 Å². The summed E-state index contributed by atoms with van der Waals surface area (Å²) in [6.07, 6.45) is 3.72. The number of imidazole rings is 1. The Morgan fingerprint density at radius 3 is 2.82 bits per heavy atom. The van der Waals surface area contributed by atoms with Crippen molar-refractivity contribution in [1.82, 2.24) is 19.8 Å². The second-order valence-corrected chi connectivity index (χ2v) is 8.81. The van der Waals surface area contributed by atoms with Crippen LogP contribution in [0.3, 0.4) is 0 Å². The molecule has 2 heterocycles. The van der Waals surface area contributed by atoms with Crippen molar-refractivity contribution in [1.29, 1.82) is 0 Å². The number of hydrogen-bond donors (Lipinski definition) is 1. The van der Waals surface area contributed by atoms with Gasteiger partial charge in [-0.05, 0) is 56.6 Å². The van der Waals surface area contributed by atoms with Crippen molar-refractivity contribution in [3.8, 4) is 5.69 Å². The van der Waals surface area contributed by atoms with Crippen LogP contribution >= 0.6 is 23.1 Å². The van der Waals surface area contributed by atoms with Gasteiger partial charge in [0.25, 0.3) is 0 Å². The smallest absolute Gasteiger partial charge is 0.230 e. The quantitative estimate of drug-likeness (QED) is 0.565. The van der Waals surface area contributed by atoms with Crippen LogP contribution in [0.25, 0.3) is 5.69 Å². The zero-order valence-electron chi connectivity index (χ0n) is 16.7. The number of hydrogen-bond acceptors (Lipinski definition) is 5. The maximum atomic E-state index is 12.4. The number of thioether (sulfide) groups is 1. The fourth-order valence-corrected chi connectivity index (χ4v) is 4.71. The number of carbonyl (C=O) groups is 1. The highest BCUT2D eigenvalue weighted by Crippen LogP contribution is 2.25. The first-order chi connectivity index (χ1) is 13.5. The van der Waals surface area contributed by atoms with Crippen LogP contribution in [0.4, 0.5) is 0 Å². The first-order valence-corrected chi connectivity index (χ1v) is 11.0. The maximum Gasteiger partial charge on any atom is 0.230 e. The molecule has 1 aromatic carbocycles. The Morgan fingerprint density at radius 2 is 2.11 bits per heavy atom. The Hall–Kier alpha value is -2.09. The molecule has 1 amide bonds. The molecule has 148 valence electrons. The molecule has 0 saturated carbocycles. The van der Waals surface area contributed by atoms with Crippen molar-refractivity contribution < 1.29 is 4.79 Å². The summed E-state index contributed by atoms with van der Waals surface area (Å²) < 4.78 is 2.05. The molecule has 1 atom stereocenters. The van der Waals surface area contributed by atoms with Crippen molar-refractivity contribution >= 4 is 29.0 Å². The molecule has 1 unspecified atom stereocenters. The summed E-state index contributed by atoms with van der Waals surface area (Å²) in [6.45, 7) is 4.81. The molecule has 0 spiro atoms. The van der Waals surface area contributed by atoms with Crippen LogP contribution < -0.4 is 5.32 Å². The molecule has 0 aliphatic heterocycles. The SMILES string of the molecule is Cc1cccc(-n2ccnc2SCC(=O)NCC(c2cccs2)N(C)C)c1C. The lowest BCUT2D eigenvalue weighted by atomic mass is 10.1. The highest BCUT2D eigenvalue weighted by molar-refractivity contribution is 7.99. The van der Waals surface area contributed by atoms with E-state index >= 15 is 0 Å². The molecule has 28 heavy (non-hydrogen) atoms. The predicted octanol–water partition coefficient (Wildman–Crippen LogP) is 4.06. The molecule has 0 aliphatic rings. The van der Waals surface area contributed by atoms with Crippen molar-refractivity contribution in [3.63, 3.8) is 0 Å². The number of aromatic nitrogens is 2. The van der Waals surface area contributed by atoms with Gasteiger partial charge in [-0.2, -0.15) is 0 Å². The van der Waals surface area contributed by atoms with E-state index in [0.29, 0.717) is 12.3 Å². The normalized spacial score (nSPS) is 12.3. The number of thiophene rings is 1. The number of aryl methyl sites for hydroxylation is 1. The predicted molar refractivity (Wildman–Crippen MR) is 118 cm³/mol. The minimum absolute atomic E-state index is 0.0175. The van der Waals surface area contributed by atoms with Crippen LogP contribution in [0, 0.1) is 13.8 Å². The Kier molecular flexibility index (Phi) is 6.93. The van der Waals surface area contributed by atoms with Crippen molar-refractivity contribution in [2.75, 3.05) is 26.4 Å². The molecule has 0 bridgehead atoms. The molecule has 5 nitrogen and oxygen atoms in total. The van der Waals surface area contributed by atoms with Gasteiger partial charge in [-0.15, -0.1) is 11.3 Å². The lowest BCUT2D eigenvalue weighted by Gasteiger charge is -2.23. The van der Waals surface area contributed by atoms with E-state index in [2.05, 4.69) is 57.2 Å². The van der Waals surface area contributed by atoms with E-state index in [1.54, 1.807) is 17.5 Å². The fourth-order valence-electron chi connectivity index (χ4n) is 2.99. The zero-order chi connectivity index (χ0) is 20.1. The molecule has 1 N–H and O–H groups in total. The van der Waals surface area contributed by atoms with Crippen molar-refractivity contribution in [3.05, 3.63) is 64.1 Å². The molecular weight excluding hydrogens is 388 g/mol. The van der Waals surface area contributed by atoms with Gasteiger partial charge in [0.2, 0.25) is 5.91 Å². The van der Waals surface area contributed by atoms with Gasteiger partial charge in [0.15, 0.2) is 5.16 Å². The minimum Gasteiger partial charge on any atom is -0.353 e. The zero-order valence-corrected chi connectivity index (χ0v) is 18.3. The Labute approximate surface area is 174 Å². The van der Waals surface area contributed by atoms with Crippen LogP contribution in [-0.2, 0) is 4.79 Å². The van der Waals surface area contributed by atoms with E-state index in [0.717, 1.165) is 10.8 Å². The molecular formula is C21H26N4OS2. The lowest BCUT2D eigenvalue weighted by Crippen LogP contribution is -2.35. The van der Waals surface area contributed by atoms with Gasteiger partial charge < -0.3 is 10.2 Å². The summed E-state index contributed by atoms with van der Waals surface area (Å²) in [5.41, 5.74) is 3.56. The van der Waals surface area contributed by atoms with Gasteiger partial charge in [0, 0.05) is 23.8 Å². The molecule has 0 radical (unpaired) electrons. The van der Waals surface area contributed by atoms with E-state index < -0.39 is 0 Å². The fraction of sp³-hybridized carbons (Fsp3) is 0.333. The van der Waals surface area contributed by atoms with E-state index in [1.807, 2.05) is 32.4 Å². The molecule has 2 aromatic heterocycles. The standard InChI is InChI=1S/C21H26N4OS2/c1-15-7-5-8-17(16(15)2)25-11-10-22-21(25)28-14-20(26)23-13-18(24(3)4)19-9-6-12-27-19/h5-12,18H,13-14H2,1-4H3,(H,23,26). The highest BCUT2D eigenvalue weighted by atomic mass is 32.2. The second kappa shape index (κ2) is 9.41. The number of nitrogens with one attached hydrogen (secondary N) is 1. The van der Waals surface area contributed by atoms with Crippen LogP contribution in [-0.4, -0.2) is 46.8 Å².